The second kappa shape index (κ2) is 6.60. The molecule has 1 saturated heterocycles. The lowest BCUT2D eigenvalue weighted by Gasteiger charge is -2.25. The fraction of sp³-hybridized carbons (Fsp3) is 0.643. The van der Waals surface area contributed by atoms with Crippen LogP contribution in [-0.4, -0.2) is 18.1 Å². The third-order valence-corrected chi connectivity index (χ3v) is 3.35. The highest BCUT2D eigenvalue weighted by Crippen LogP contribution is 2.27. The molecule has 1 aromatic heterocycles. The van der Waals surface area contributed by atoms with Crippen molar-refractivity contribution in [3.8, 4) is 0 Å². The van der Waals surface area contributed by atoms with E-state index < -0.39 is 0 Å². The molecule has 3 heteroatoms. The van der Waals surface area contributed by atoms with E-state index in [4.69, 9.17) is 0 Å². The molecule has 17 heavy (non-hydrogen) atoms. The molecule has 2 rings (SSSR count). The molecule has 2 N–H and O–H groups in total. The molecule has 0 saturated carbocycles. The lowest BCUT2D eigenvalue weighted by Crippen LogP contribution is -2.27. The Balaban J connectivity index is 2.03. The molecule has 0 aliphatic carbocycles. The molecular weight excluding hydrogens is 210 g/mol. The van der Waals surface area contributed by atoms with Crippen molar-refractivity contribution in [1.82, 2.24) is 10.3 Å². The van der Waals surface area contributed by atoms with Crippen LogP contribution in [0.1, 0.15) is 50.6 Å². The minimum Gasteiger partial charge on any atom is -0.370 e. The van der Waals surface area contributed by atoms with E-state index in [0.717, 1.165) is 18.9 Å². The van der Waals surface area contributed by atoms with E-state index in [2.05, 4.69) is 28.6 Å². The van der Waals surface area contributed by atoms with Crippen LogP contribution in [0.15, 0.2) is 18.3 Å². The maximum absolute atomic E-state index is 4.47. The Bertz CT molecular complexity index is 332. The lowest BCUT2D eigenvalue weighted by molar-refractivity contribution is 0.412. The highest BCUT2D eigenvalue weighted by atomic mass is 15.0. The second-order valence-electron chi connectivity index (χ2n) is 4.72. The highest BCUT2D eigenvalue weighted by Gasteiger charge is 2.17. The van der Waals surface area contributed by atoms with Gasteiger partial charge in [-0.3, -0.25) is 0 Å². The minimum absolute atomic E-state index is 0.488. The maximum atomic E-state index is 4.47. The summed E-state index contributed by atoms with van der Waals surface area (Å²) in [4.78, 5) is 4.47. The SMILES string of the molecule is CCCCNc1ncccc1[C@@H]1CCCCN1. The molecule has 1 aliphatic rings. The molecule has 0 unspecified atom stereocenters. The van der Waals surface area contributed by atoms with Crippen LogP contribution in [-0.2, 0) is 0 Å². The van der Waals surface area contributed by atoms with Gasteiger partial charge in [-0.2, -0.15) is 0 Å². The van der Waals surface area contributed by atoms with Crippen molar-refractivity contribution in [2.24, 2.45) is 0 Å². The summed E-state index contributed by atoms with van der Waals surface area (Å²) in [6.07, 6.45) is 8.15. The Morgan fingerprint density at radius 1 is 1.47 bits per heavy atom. The first-order valence-corrected chi connectivity index (χ1v) is 6.84. The van der Waals surface area contributed by atoms with Crippen molar-refractivity contribution in [2.75, 3.05) is 18.4 Å². The van der Waals surface area contributed by atoms with Gasteiger partial charge in [-0.1, -0.05) is 25.8 Å². The van der Waals surface area contributed by atoms with Crippen molar-refractivity contribution < 1.29 is 0 Å². The number of rotatable bonds is 5. The fourth-order valence-corrected chi connectivity index (χ4v) is 2.35. The quantitative estimate of drug-likeness (QED) is 0.767. The average molecular weight is 233 g/mol. The standard InChI is InChI=1S/C14H23N3/c1-2-3-9-16-14-12(7-6-11-17-14)13-8-4-5-10-15-13/h6-7,11,13,15H,2-5,8-10H2,1H3,(H,16,17)/t13-/m0/s1. The molecule has 1 atom stereocenters. The Labute approximate surface area is 104 Å². The number of hydrogen-bond acceptors (Lipinski definition) is 3. The largest absolute Gasteiger partial charge is 0.370 e. The predicted octanol–water partition coefficient (Wildman–Crippen LogP) is 3.11. The summed E-state index contributed by atoms with van der Waals surface area (Å²) < 4.78 is 0. The normalized spacial score (nSPS) is 20.2. The fourth-order valence-electron chi connectivity index (χ4n) is 2.35. The number of anilines is 1. The summed E-state index contributed by atoms with van der Waals surface area (Å²) >= 11 is 0. The molecule has 2 heterocycles. The van der Waals surface area contributed by atoms with Crippen molar-refractivity contribution in [3.05, 3.63) is 23.9 Å². The van der Waals surface area contributed by atoms with Gasteiger partial charge in [0.05, 0.1) is 0 Å². The van der Waals surface area contributed by atoms with E-state index in [1.54, 1.807) is 0 Å². The summed E-state index contributed by atoms with van der Waals surface area (Å²) in [7, 11) is 0. The molecule has 94 valence electrons. The number of aromatic nitrogens is 1. The molecule has 0 aromatic carbocycles. The van der Waals surface area contributed by atoms with E-state index in [9.17, 15) is 0 Å². The first-order valence-electron chi connectivity index (χ1n) is 6.84. The van der Waals surface area contributed by atoms with Crippen molar-refractivity contribution in [2.45, 2.75) is 45.1 Å². The highest BCUT2D eigenvalue weighted by molar-refractivity contribution is 5.45. The van der Waals surface area contributed by atoms with Crippen LogP contribution in [0, 0.1) is 0 Å². The van der Waals surface area contributed by atoms with E-state index in [0.29, 0.717) is 6.04 Å². The number of piperidine rings is 1. The van der Waals surface area contributed by atoms with Crippen LogP contribution >= 0.6 is 0 Å². The third-order valence-electron chi connectivity index (χ3n) is 3.35. The first-order chi connectivity index (χ1) is 8.42. The molecular formula is C14H23N3. The van der Waals surface area contributed by atoms with Gasteiger partial charge in [-0.25, -0.2) is 4.98 Å². The summed E-state index contributed by atoms with van der Waals surface area (Å²) in [5.41, 5.74) is 1.34. The van der Waals surface area contributed by atoms with Crippen LogP contribution < -0.4 is 10.6 Å². The summed E-state index contributed by atoms with van der Waals surface area (Å²) in [5, 5.41) is 7.05. The number of nitrogens with zero attached hydrogens (tertiary/aromatic N) is 1. The molecule has 0 spiro atoms. The molecule has 1 aromatic rings. The zero-order chi connectivity index (χ0) is 11.9. The van der Waals surface area contributed by atoms with E-state index in [-0.39, 0.29) is 0 Å². The number of hydrogen-bond donors (Lipinski definition) is 2. The Hall–Kier alpha value is -1.09. The Morgan fingerprint density at radius 3 is 3.18 bits per heavy atom. The average Bonchev–Trinajstić information content (AvgIpc) is 2.41. The van der Waals surface area contributed by atoms with Gasteiger partial charge < -0.3 is 10.6 Å². The number of nitrogens with one attached hydrogen (secondary N) is 2. The molecule has 1 aliphatic heterocycles. The topological polar surface area (TPSA) is 37.0 Å². The molecule has 1 fully saturated rings. The van der Waals surface area contributed by atoms with Crippen LogP contribution in [0.25, 0.3) is 0 Å². The van der Waals surface area contributed by atoms with E-state index in [1.807, 2.05) is 12.3 Å². The van der Waals surface area contributed by atoms with E-state index >= 15 is 0 Å². The van der Waals surface area contributed by atoms with E-state index in [1.165, 1.54) is 37.7 Å². The van der Waals surface area contributed by atoms with Gasteiger partial charge in [0.15, 0.2) is 0 Å². The Morgan fingerprint density at radius 2 is 2.41 bits per heavy atom. The zero-order valence-electron chi connectivity index (χ0n) is 10.7. The van der Waals surface area contributed by atoms with Crippen LogP contribution in [0.2, 0.25) is 0 Å². The molecule has 0 radical (unpaired) electrons. The van der Waals surface area contributed by atoms with Gasteiger partial charge in [0.1, 0.15) is 5.82 Å². The van der Waals surface area contributed by atoms with Crippen LogP contribution in [0.4, 0.5) is 5.82 Å². The second-order valence-corrected chi connectivity index (χ2v) is 4.72. The summed E-state index contributed by atoms with van der Waals surface area (Å²) in [5.74, 6) is 1.07. The number of unbranched alkanes of at least 4 members (excludes halogenated alkanes) is 1. The number of pyridine rings is 1. The molecule has 0 bridgehead atoms. The predicted molar refractivity (Wildman–Crippen MR) is 72.2 cm³/mol. The van der Waals surface area contributed by atoms with Gasteiger partial charge in [0, 0.05) is 24.3 Å². The van der Waals surface area contributed by atoms with Gasteiger partial charge in [-0.05, 0) is 31.9 Å². The monoisotopic (exact) mass is 233 g/mol. The summed E-state index contributed by atoms with van der Waals surface area (Å²) in [6.45, 7) is 4.37. The van der Waals surface area contributed by atoms with Gasteiger partial charge in [-0.15, -0.1) is 0 Å². The van der Waals surface area contributed by atoms with Crippen molar-refractivity contribution in [1.29, 1.82) is 0 Å². The van der Waals surface area contributed by atoms with Gasteiger partial charge in [0.2, 0.25) is 0 Å². The zero-order valence-corrected chi connectivity index (χ0v) is 10.7. The maximum Gasteiger partial charge on any atom is 0.130 e. The lowest BCUT2D eigenvalue weighted by atomic mass is 9.98. The van der Waals surface area contributed by atoms with Gasteiger partial charge in [0.25, 0.3) is 0 Å². The minimum atomic E-state index is 0.488. The van der Waals surface area contributed by atoms with Crippen molar-refractivity contribution >= 4 is 5.82 Å². The molecule has 0 amide bonds. The van der Waals surface area contributed by atoms with Crippen LogP contribution in [0.3, 0.4) is 0 Å². The van der Waals surface area contributed by atoms with Crippen LogP contribution in [0.5, 0.6) is 0 Å². The Kier molecular flexibility index (Phi) is 4.80. The first kappa shape index (κ1) is 12.4. The van der Waals surface area contributed by atoms with Crippen molar-refractivity contribution in [3.63, 3.8) is 0 Å². The smallest absolute Gasteiger partial charge is 0.130 e. The molecule has 3 nitrogen and oxygen atoms in total. The third kappa shape index (κ3) is 3.43. The van der Waals surface area contributed by atoms with Gasteiger partial charge >= 0.3 is 0 Å². The summed E-state index contributed by atoms with van der Waals surface area (Å²) in [6, 6.07) is 4.72.